The van der Waals surface area contributed by atoms with E-state index in [-0.39, 0.29) is 36.4 Å². The summed E-state index contributed by atoms with van der Waals surface area (Å²) in [6.07, 6.45) is 0. The van der Waals surface area contributed by atoms with Crippen LogP contribution in [0, 0.1) is 6.92 Å². The minimum Gasteiger partial charge on any atom is -0.357 e. The van der Waals surface area contributed by atoms with Gasteiger partial charge in [0.2, 0.25) is 5.91 Å². The molecule has 26 heavy (non-hydrogen) atoms. The maximum Gasteiger partial charge on any atom is 0.246 e. The summed E-state index contributed by atoms with van der Waals surface area (Å²) in [4.78, 5) is 18.6. The highest BCUT2D eigenvalue weighted by Gasteiger charge is 2.09. The van der Waals surface area contributed by atoms with Crippen LogP contribution in [-0.2, 0) is 11.3 Å². The summed E-state index contributed by atoms with van der Waals surface area (Å²) in [6.45, 7) is 5.67. The number of benzene rings is 2. The molecule has 0 unspecified atom stereocenters. The van der Waals surface area contributed by atoms with Crippen LogP contribution >= 0.6 is 24.0 Å². The Kier molecular flexibility index (Phi) is 9.72. The van der Waals surface area contributed by atoms with E-state index in [0.29, 0.717) is 5.96 Å². The van der Waals surface area contributed by atoms with E-state index in [0.717, 1.165) is 18.8 Å². The first kappa shape index (κ1) is 22.0. The average molecular weight is 466 g/mol. The molecule has 0 radical (unpaired) electrons. The van der Waals surface area contributed by atoms with Crippen LogP contribution in [0.25, 0.3) is 0 Å². The topological polar surface area (TPSA) is 56.7 Å². The number of nitrogens with zero attached hydrogens (tertiary/aromatic N) is 2. The van der Waals surface area contributed by atoms with Gasteiger partial charge in [-0.25, -0.2) is 4.99 Å². The van der Waals surface area contributed by atoms with E-state index in [1.807, 2.05) is 61.3 Å². The number of carbonyl (C=O) groups excluding carboxylic acids is 1. The number of aliphatic imine (C=N–C) groups is 1. The highest BCUT2D eigenvalue weighted by atomic mass is 127. The maximum absolute atomic E-state index is 12.1. The molecule has 0 bridgehead atoms. The predicted molar refractivity (Wildman–Crippen MR) is 119 cm³/mol. The minimum atomic E-state index is -0.133. The van der Waals surface area contributed by atoms with Gasteiger partial charge in [0.25, 0.3) is 0 Å². The third-order valence-corrected chi connectivity index (χ3v) is 3.80. The number of anilines is 1. The third-order valence-electron chi connectivity index (χ3n) is 3.80. The van der Waals surface area contributed by atoms with E-state index >= 15 is 0 Å². The van der Waals surface area contributed by atoms with Gasteiger partial charge in [0, 0.05) is 25.8 Å². The van der Waals surface area contributed by atoms with Crippen molar-refractivity contribution in [2.24, 2.45) is 4.99 Å². The number of para-hydroxylation sites is 1. The quantitative estimate of drug-likeness (QED) is 0.388. The molecular formula is C20H27IN4O. The van der Waals surface area contributed by atoms with Gasteiger partial charge in [-0.15, -0.1) is 24.0 Å². The molecule has 0 aliphatic carbocycles. The lowest BCUT2D eigenvalue weighted by Crippen LogP contribution is -2.39. The molecule has 2 aromatic carbocycles. The molecule has 0 heterocycles. The summed E-state index contributed by atoms with van der Waals surface area (Å²) < 4.78 is 0. The summed E-state index contributed by atoms with van der Waals surface area (Å²) in [6, 6.07) is 17.7. The molecule has 0 aliphatic rings. The maximum atomic E-state index is 12.1. The first-order valence-corrected chi connectivity index (χ1v) is 8.49. The normalized spacial score (nSPS) is 10.7. The molecule has 6 heteroatoms. The molecule has 0 spiro atoms. The van der Waals surface area contributed by atoms with Crippen molar-refractivity contribution >= 4 is 41.5 Å². The summed E-state index contributed by atoms with van der Waals surface area (Å²) in [5.41, 5.74) is 3.26. The van der Waals surface area contributed by atoms with Crippen LogP contribution < -0.4 is 10.6 Å². The van der Waals surface area contributed by atoms with E-state index in [1.165, 1.54) is 11.1 Å². The number of halogens is 1. The van der Waals surface area contributed by atoms with Crippen LogP contribution in [0.1, 0.15) is 18.1 Å². The second-order valence-corrected chi connectivity index (χ2v) is 5.87. The Hall–Kier alpha value is -2.09. The highest BCUT2D eigenvalue weighted by Crippen LogP contribution is 2.09. The fourth-order valence-electron chi connectivity index (χ4n) is 2.46. The van der Waals surface area contributed by atoms with Crippen molar-refractivity contribution < 1.29 is 4.79 Å². The zero-order valence-electron chi connectivity index (χ0n) is 15.5. The third kappa shape index (κ3) is 7.03. The van der Waals surface area contributed by atoms with Crippen molar-refractivity contribution in [1.82, 2.24) is 10.2 Å². The van der Waals surface area contributed by atoms with Crippen LogP contribution in [0.5, 0.6) is 0 Å². The van der Waals surface area contributed by atoms with E-state index in [2.05, 4.69) is 34.7 Å². The summed E-state index contributed by atoms with van der Waals surface area (Å²) in [7, 11) is 1.98. The van der Waals surface area contributed by atoms with Crippen LogP contribution in [0.15, 0.2) is 59.6 Å². The minimum absolute atomic E-state index is 0. The van der Waals surface area contributed by atoms with E-state index in [4.69, 9.17) is 0 Å². The molecule has 1 amide bonds. The number of rotatable bonds is 6. The average Bonchev–Trinajstić information content (AvgIpc) is 2.61. The number of hydrogen-bond acceptors (Lipinski definition) is 2. The molecule has 2 N–H and O–H groups in total. The van der Waals surface area contributed by atoms with Crippen LogP contribution in [0.2, 0.25) is 0 Å². The predicted octanol–water partition coefficient (Wildman–Crippen LogP) is 3.65. The molecule has 0 fully saturated rings. The van der Waals surface area contributed by atoms with Crippen molar-refractivity contribution in [3.05, 3.63) is 65.7 Å². The number of aryl methyl sites for hydroxylation is 1. The first-order chi connectivity index (χ1) is 12.1. The zero-order valence-corrected chi connectivity index (χ0v) is 17.9. The Balaban J connectivity index is 0.00000338. The lowest BCUT2D eigenvalue weighted by molar-refractivity contribution is -0.114. The Morgan fingerprint density at radius 2 is 1.73 bits per heavy atom. The Bertz CT molecular complexity index is 719. The lowest BCUT2D eigenvalue weighted by atomic mass is 10.1. The smallest absolute Gasteiger partial charge is 0.246 e. The SMILES string of the molecule is CCNC(=NCC(=O)Nc1ccccc1)N(C)Cc1ccccc1C.I. The molecule has 5 nitrogen and oxygen atoms in total. The van der Waals surface area contributed by atoms with Gasteiger partial charge in [0.05, 0.1) is 0 Å². The van der Waals surface area contributed by atoms with Crippen LogP contribution in [0.4, 0.5) is 5.69 Å². The Morgan fingerprint density at radius 1 is 1.08 bits per heavy atom. The second kappa shape index (κ2) is 11.5. The second-order valence-electron chi connectivity index (χ2n) is 5.87. The van der Waals surface area contributed by atoms with Gasteiger partial charge in [0.1, 0.15) is 6.54 Å². The van der Waals surface area contributed by atoms with Crippen molar-refractivity contribution in [2.75, 3.05) is 25.5 Å². The van der Waals surface area contributed by atoms with Crippen LogP contribution in [0.3, 0.4) is 0 Å². The van der Waals surface area contributed by atoms with Gasteiger partial charge in [-0.2, -0.15) is 0 Å². The number of carbonyl (C=O) groups is 1. The van der Waals surface area contributed by atoms with Gasteiger partial charge >= 0.3 is 0 Å². The Labute approximate surface area is 172 Å². The van der Waals surface area contributed by atoms with Crippen molar-refractivity contribution in [3.8, 4) is 0 Å². The molecular weight excluding hydrogens is 439 g/mol. The summed E-state index contributed by atoms with van der Waals surface area (Å²) in [5.74, 6) is 0.583. The van der Waals surface area contributed by atoms with Gasteiger partial charge in [-0.1, -0.05) is 42.5 Å². The van der Waals surface area contributed by atoms with Gasteiger partial charge in [-0.3, -0.25) is 4.79 Å². The monoisotopic (exact) mass is 466 g/mol. The summed E-state index contributed by atoms with van der Waals surface area (Å²) in [5, 5.41) is 6.08. The molecule has 0 atom stereocenters. The van der Waals surface area contributed by atoms with E-state index in [1.54, 1.807) is 0 Å². The number of hydrogen-bond donors (Lipinski definition) is 2. The van der Waals surface area contributed by atoms with Gasteiger partial charge < -0.3 is 15.5 Å². The molecule has 140 valence electrons. The molecule has 0 saturated heterocycles. The highest BCUT2D eigenvalue weighted by molar-refractivity contribution is 14.0. The first-order valence-electron chi connectivity index (χ1n) is 8.49. The zero-order chi connectivity index (χ0) is 18.1. The molecule has 2 aromatic rings. The van der Waals surface area contributed by atoms with E-state index in [9.17, 15) is 4.79 Å². The van der Waals surface area contributed by atoms with E-state index < -0.39 is 0 Å². The molecule has 0 aliphatic heterocycles. The van der Waals surface area contributed by atoms with Gasteiger partial charge in [0.15, 0.2) is 5.96 Å². The van der Waals surface area contributed by atoms with Crippen molar-refractivity contribution in [3.63, 3.8) is 0 Å². The van der Waals surface area contributed by atoms with Gasteiger partial charge in [-0.05, 0) is 37.1 Å². The lowest BCUT2D eigenvalue weighted by Gasteiger charge is -2.23. The molecule has 2 rings (SSSR count). The largest absolute Gasteiger partial charge is 0.357 e. The fraction of sp³-hybridized carbons (Fsp3) is 0.300. The number of amides is 1. The standard InChI is InChI=1S/C20H26N4O.HI/c1-4-21-20(24(3)15-17-11-9-8-10-16(17)2)22-14-19(25)23-18-12-6-5-7-13-18;/h5-13H,4,14-15H2,1-3H3,(H,21,22)(H,23,25);1H. The number of nitrogens with one attached hydrogen (secondary N) is 2. The Morgan fingerprint density at radius 3 is 2.38 bits per heavy atom. The van der Waals surface area contributed by atoms with Crippen molar-refractivity contribution in [1.29, 1.82) is 0 Å². The summed E-state index contributed by atoms with van der Waals surface area (Å²) >= 11 is 0. The molecule has 0 saturated carbocycles. The van der Waals surface area contributed by atoms with Crippen LogP contribution in [-0.4, -0.2) is 36.9 Å². The number of guanidine groups is 1. The molecule has 0 aromatic heterocycles. The fourth-order valence-corrected chi connectivity index (χ4v) is 2.46. The van der Waals surface area contributed by atoms with Crippen molar-refractivity contribution in [2.45, 2.75) is 20.4 Å².